The number of nitrogens with zero attached hydrogens (tertiary/aromatic N) is 3. The van der Waals surface area contributed by atoms with Gasteiger partial charge in [-0.2, -0.15) is 0 Å². The molecule has 1 saturated heterocycles. The lowest BCUT2D eigenvalue weighted by molar-refractivity contribution is -0.148. The number of rotatable bonds is 30. The van der Waals surface area contributed by atoms with Crippen molar-refractivity contribution in [2.45, 2.75) is 135 Å². The van der Waals surface area contributed by atoms with Gasteiger partial charge in [-0.15, -0.1) is 11.3 Å². The van der Waals surface area contributed by atoms with E-state index < -0.39 is 64.3 Å². The van der Waals surface area contributed by atoms with Crippen LogP contribution in [0.25, 0.3) is 10.4 Å². The number of aryl methyl sites for hydroxylation is 2. The van der Waals surface area contributed by atoms with Crippen molar-refractivity contribution in [3.8, 4) is 10.4 Å². The molecule has 0 aliphatic carbocycles. The number of β-amino-alcohol motifs (C(OH)–C–C–N with tert-alkyl or cyclic N) is 1. The van der Waals surface area contributed by atoms with Gasteiger partial charge in [-0.1, -0.05) is 94.6 Å². The fraction of sp³-hybridized carbons (Fsp3) is 0.491. The SMILES string of the molecule is Cc1cc([C@H](C(=O)N2CC(O)CC2(C(N)=O)[C@@H](CC(=O)NCCCCCCCCCCCCNCCCONC(=O)c2ccc(F)c(F)c2Nc2ccc(I)cc2F)c2ccc(-c3scnc3C)cc2)C(C)C)on1. The van der Waals surface area contributed by atoms with E-state index in [1.165, 1.54) is 28.4 Å². The Morgan fingerprint density at radius 3 is 2.17 bits per heavy atom. The number of carbonyl (C=O) groups excluding carboxylic acids is 4. The summed E-state index contributed by atoms with van der Waals surface area (Å²) < 4.78 is 49.3. The molecular formula is C55H70F3IN8O7S. The second kappa shape index (κ2) is 28.6. The molecule has 0 saturated carbocycles. The summed E-state index contributed by atoms with van der Waals surface area (Å²) in [5.41, 5.74) is 10.9. The van der Waals surface area contributed by atoms with E-state index in [1.54, 1.807) is 24.6 Å². The van der Waals surface area contributed by atoms with Crippen molar-refractivity contribution in [3.63, 3.8) is 0 Å². The molecule has 15 nitrogen and oxygen atoms in total. The predicted molar refractivity (Wildman–Crippen MR) is 292 cm³/mol. The van der Waals surface area contributed by atoms with Crippen molar-refractivity contribution in [2.75, 3.05) is 38.1 Å². The van der Waals surface area contributed by atoms with E-state index in [-0.39, 0.29) is 49.1 Å². The summed E-state index contributed by atoms with van der Waals surface area (Å²) in [6.45, 7) is 9.49. The third-order valence-electron chi connectivity index (χ3n) is 13.7. The molecule has 4 atom stereocenters. The topological polar surface area (TPSA) is 214 Å². The van der Waals surface area contributed by atoms with Gasteiger partial charge in [0.15, 0.2) is 11.6 Å². The number of anilines is 2. The number of halogens is 4. The van der Waals surface area contributed by atoms with Crippen LogP contribution in [0.1, 0.15) is 142 Å². The highest BCUT2D eigenvalue weighted by Crippen LogP contribution is 2.46. The number of benzene rings is 3. The van der Waals surface area contributed by atoms with E-state index in [1.807, 2.05) is 67.6 Å². The Morgan fingerprint density at radius 1 is 0.893 bits per heavy atom. The number of hydrogen-bond acceptors (Lipinski definition) is 12. The Kier molecular flexibility index (Phi) is 22.5. The lowest BCUT2D eigenvalue weighted by atomic mass is 9.73. The molecule has 7 N–H and O–H groups in total. The molecule has 3 aromatic carbocycles. The van der Waals surface area contributed by atoms with Gasteiger partial charge in [0.05, 0.1) is 51.4 Å². The van der Waals surface area contributed by atoms with Crippen LogP contribution in [0.3, 0.4) is 0 Å². The van der Waals surface area contributed by atoms with Gasteiger partial charge in [-0.25, -0.2) is 23.6 Å². The first-order valence-electron chi connectivity index (χ1n) is 25.8. The van der Waals surface area contributed by atoms with Gasteiger partial charge in [-0.05, 0) is 116 Å². The molecule has 4 amide bonds. The highest BCUT2D eigenvalue weighted by Gasteiger charge is 2.58. The number of thiazole rings is 1. The molecule has 3 heterocycles. The summed E-state index contributed by atoms with van der Waals surface area (Å²) in [7, 11) is 0. The van der Waals surface area contributed by atoms with Crippen molar-refractivity contribution >= 4 is 68.9 Å². The maximum absolute atomic E-state index is 14.7. The fourth-order valence-electron chi connectivity index (χ4n) is 9.80. The average molecular weight is 1170 g/mol. The van der Waals surface area contributed by atoms with Crippen LogP contribution in [0.15, 0.2) is 70.7 Å². The molecule has 2 unspecified atom stereocenters. The van der Waals surface area contributed by atoms with E-state index >= 15 is 0 Å². The Labute approximate surface area is 454 Å². The number of nitrogens with two attached hydrogens (primary N) is 1. The van der Waals surface area contributed by atoms with Gasteiger partial charge in [0, 0.05) is 41.5 Å². The zero-order valence-electron chi connectivity index (χ0n) is 43.1. The molecule has 406 valence electrons. The standard InChI is InChI=1S/C55H70F3IN8O7S/c1-34(2)48(46-28-35(3)65-74-46)53(71)67-32-40(68)31-55(67,54(60)72)42(37-16-18-38(19-17-37)51-36(4)63-33-75-51)30-47(69)62-26-14-12-10-8-6-5-7-9-11-13-24-61-25-15-27-73-66-52(70)41-21-22-43(56)49(58)50(41)64-45-23-20-39(59)29-44(45)57/h16-23,28-29,33-34,40,42,48,61,64,68H,5-15,24-27,30-32H2,1-4H3,(H2,60,72)(H,62,69)(H,66,70)/t40?,42-,48+,55?/m0/s1. The third-order valence-corrected chi connectivity index (χ3v) is 15.3. The first kappa shape index (κ1) is 58.8. The maximum atomic E-state index is 14.7. The normalized spacial score (nSPS) is 16.3. The molecule has 1 fully saturated rings. The van der Waals surface area contributed by atoms with Crippen LogP contribution in [0.2, 0.25) is 0 Å². The second-order valence-corrected chi connectivity index (χ2v) is 21.7. The average Bonchev–Trinajstić information content (AvgIpc) is 4.11. The quantitative estimate of drug-likeness (QED) is 0.0145. The third kappa shape index (κ3) is 15.8. The van der Waals surface area contributed by atoms with Crippen LogP contribution in [0.5, 0.6) is 0 Å². The Hall–Kier alpha value is -5.42. The molecular weight excluding hydrogens is 1100 g/mol. The number of carbonyl (C=O) groups is 4. The van der Waals surface area contributed by atoms with E-state index in [4.69, 9.17) is 15.1 Å². The highest BCUT2D eigenvalue weighted by atomic mass is 127. The van der Waals surface area contributed by atoms with Crippen LogP contribution in [-0.2, 0) is 19.2 Å². The minimum Gasteiger partial charge on any atom is -0.391 e. The number of unbranched alkanes of at least 4 members (excludes halogenated alkanes) is 9. The molecule has 1 aliphatic heterocycles. The lowest BCUT2D eigenvalue weighted by Gasteiger charge is -2.43. The summed E-state index contributed by atoms with van der Waals surface area (Å²) in [5.74, 6) is -7.03. The molecule has 0 bridgehead atoms. The van der Waals surface area contributed by atoms with Gasteiger partial charge in [0.2, 0.25) is 17.7 Å². The number of hydroxylamine groups is 1. The molecule has 0 radical (unpaired) electrons. The number of hydrogen-bond donors (Lipinski definition) is 6. The van der Waals surface area contributed by atoms with Crippen LogP contribution in [0.4, 0.5) is 24.5 Å². The second-order valence-electron chi connectivity index (χ2n) is 19.6. The Bertz CT molecular complexity index is 2690. The van der Waals surface area contributed by atoms with Gasteiger partial charge in [-0.3, -0.25) is 24.0 Å². The zero-order chi connectivity index (χ0) is 54.1. The van der Waals surface area contributed by atoms with E-state index in [2.05, 4.69) is 31.6 Å². The largest absolute Gasteiger partial charge is 0.391 e. The summed E-state index contributed by atoms with van der Waals surface area (Å²) >= 11 is 3.44. The van der Waals surface area contributed by atoms with E-state index in [0.29, 0.717) is 40.1 Å². The van der Waals surface area contributed by atoms with Crippen LogP contribution < -0.4 is 27.2 Å². The van der Waals surface area contributed by atoms with Crippen molar-refractivity contribution in [2.24, 2.45) is 11.7 Å². The van der Waals surface area contributed by atoms with Crippen LogP contribution in [-0.4, -0.2) is 88.2 Å². The first-order valence-corrected chi connectivity index (χ1v) is 27.8. The number of amides is 4. The molecule has 2 aromatic heterocycles. The van der Waals surface area contributed by atoms with Crippen molar-refractivity contribution in [3.05, 3.63) is 115 Å². The lowest BCUT2D eigenvalue weighted by Crippen LogP contribution is -2.61. The van der Waals surface area contributed by atoms with Crippen LogP contribution in [0, 0.1) is 40.8 Å². The maximum Gasteiger partial charge on any atom is 0.277 e. The monoisotopic (exact) mass is 1170 g/mol. The smallest absolute Gasteiger partial charge is 0.277 e. The molecule has 5 aromatic rings. The fourth-order valence-corrected chi connectivity index (χ4v) is 11.1. The number of aromatic nitrogens is 2. The van der Waals surface area contributed by atoms with E-state index in [0.717, 1.165) is 99.0 Å². The molecule has 75 heavy (non-hydrogen) atoms. The molecule has 0 spiro atoms. The minimum absolute atomic E-state index is 0.108. The summed E-state index contributed by atoms with van der Waals surface area (Å²) in [5, 5.41) is 24.2. The number of aliphatic hydroxyl groups is 1. The van der Waals surface area contributed by atoms with Crippen molar-refractivity contribution in [1.29, 1.82) is 0 Å². The highest BCUT2D eigenvalue weighted by molar-refractivity contribution is 14.1. The van der Waals surface area contributed by atoms with Crippen LogP contribution >= 0.6 is 33.9 Å². The van der Waals surface area contributed by atoms with Gasteiger partial charge >= 0.3 is 0 Å². The molecule has 1 aliphatic rings. The zero-order valence-corrected chi connectivity index (χ0v) is 46.1. The van der Waals surface area contributed by atoms with Gasteiger partial charge < -0.3 is 36.2 Å². The van der Waals surface area contributed by atoms with Crippen molar-refractivity contribution in [1.82, 2.24) is 31.2 Å². The number of likely N-dealkylation sites (tertiary alicyclic amines) is 1. The summed E-state index contributed by atoms with van der Waals surface area (Å²) in [6.07, 6.45) is 9.87. The van der Waals surface area contributed by atoms with Gasteiger partial charge in [0.25, 0.3) is 5.91 Å². The molecule has 6 rings (SSSR count). The Morgan fingerprint density at radius 2 is 1.56 bits per heavy atom. The summed E-state index contributed by atoms with van der Waals surface area (Å²) in [4.78, 5) is 67.3. The number of nitrogens with one attached hydrogen (secondary N) is 4. The number of aliphatic hydroxyl groups excluding tert-OH is 1. The predicted octanol–water partition coefficient (Wildman–Crippen LogP) is 10.3. The number of primary amides is 1. The van der Waals surface area contributed by atoms with E-state index in [9.17, 15) is 37.5 Å². The Balaban J connectivity index is 0.870. The minimum atomic E-state index is -1.71. The summed E-state index contributed by atoms with van der Waals surface area (Å²) in [6, 6.07) is 15.4. The van der Waals surface area contributed by atoms with Gasteiger partial charge in [0.1, 0.15) is 23.0 Å². The first-order chi connectivity index (χ1) is 36.0. The molecule has 20 heteroatoms. The van der Waals surface area contributed by atoms with Crippen molar-refractivity contribution < 1.29 is 46.8 Å².